The molecule has 0 radical (unpaired) electrons. The predicted octanol–water partition coefficient (Wildman–Crippen LogP) is 1.82. The Morgan fingerprint density at radius 3 is 2.49 bits per heavy atom. The van der Waals surface area contributed by atoms with Gasteiger partial charge in [0, 0.05) is 41.8 Å². The van der Waals surface area contributed by atoms with E-state index in [1.165, 1.54) is 0 Å². The van der Waals surface area contributed by atoms with E-state index in [1.54, 1.807) is 59.0 Å². The number of aliphatic hydroxyl groups is 3. The summed E-state index contributed by atoms with van der Waals surface area (Å²) in [5.41, 5.74) is -6.01. The summed E-state index contributed by atoms with van der Waals surface area (Å²) in [6, 6.07) is 6.99. The molecule has 2 aliphatic heterocycles. The quantitative estimate of drug-likeness (QED) is 0.314. The summed E-state index contributed by atoms with van der Waals surface area (Å²) in [6.45, 7) is 10.6. The molecule has 10 nitrogen and oxygen atoms in total. The van der Waals surface area contributed by atoms with E-state index in [-0.39, 0.29) is 6.61 Å². The molecule has 10 heteroatoms. The number of rotatable bonds is 3. The number of ketones is 1. The summed E-state index contributed by atoms with van der Waals surface area (Å²) < 4.78 is 25.0. The van der Waals surface area contributed by atoms with Crippen LogP contribution in [0.15, 0.2) is 35.9 Å². The number of hydrogen-bond donors (Lipinski definition) is 4. The lowest BCUT2D eigenvalue weighted by Crippen LogP contribution is -2.70. The van der Waals surface area contributed by atoms with Gasteiger partial charge in [0.25, 0.3) is 0 Å². The number of aliphatic hydroxyl groups excluding tert-OH is 1. The van der Waals surface area contributed by atoms with E-state index in [0.717, 1.165) is 0 Å². The Labute approximate surface area is 239 Å². The molecule has 0 aromatic heterocycles. The number of anilines is 1. The Hall–Kier alpha value is -2.34. The van der Waals surface area contributed by atoms with Gasteiger partial charge in [-0.25, -0.2) is 4.79 Å². The normalized spacial score (nSPS) is 49.7. The van der Waals surface area contributed by atoms with E-state index in [9.17, 15) is 24.9 Å². The van der Waals surface area contributed by atoms with E-state index in [2.05, 4.69) is 5.32 Å². The summed E-state index contributed by atoms with van der Waals surface area (Å²) in [7, 11) is 1.72. The van der Waals surface area contributed by atoms with Crippen molar-refractivity contribution in [1.82, 2.24) is 0 Å². The van der Waals surface area contributed by atoms with Gasteiger partial charge in [-0.15, -0.1) is 0 Å². The second kappa shape index (κ2) is 7.78. The fourth-order valence-electron chi connectivity index (χ4n) is 9.35. The van der Waals surface area contributed by atoms with Gasteiger partial charge in [-0.3, -0.25) is 4.79 Å². The van der Waals surface area contributed by atoms with E-state index in [4.69, 9.17) is 18.9 Å². The molecule has 41 heavy (non-hydrogen) atoms. The number of Topliss-reactive ketones (excluding diaryl/α,β-unsaturated/α-hetero) is 1. The number of esters is 1. The zero-order valence-electron chi connectivity index (χ0n) is 24.4. The van der Waals surface area contributed by atoms with Crippen LogP contribution in [0.5, 0.6) is 0 Å². The van der Waals surface area contributed by atoms with Gasteiger partial charge < -0.3 is 39.6 Å². The molecule has 0 unspecified atom stereocenters. The minimum Gasteiger partial charge on any atom is -0.452 e. The second-order valence-electron chi connectivity index (χ2n) is 14.0. The summed E-state index contributed by atoms with van der Waals surface area (Å²) in [5, 5.41) is 40.3. The molecular weight excluding hydrogens is 530 g/mol. The van der Waals surface area contributed by atoms with Crippen LogP contribution in [0.3, 0.4) is 0 Å². The first-order chi connectivity index (χ1) is 19.1. The standard InChI is InChI=1S/C31H39NO9/c1-14-12-18-29(36)15(2)22(34)31(40-24(35)16-10-8-9-11-17(16)32-7)20(26(31,3)4)19(29)23-28(39-23)13-38-27(5,6)41-25(28)30(18,37)21(14)33/h8-12,15,18-20,22-23,25,32,34,36-37H,13H2,1-7H3/t15-,18+,19-,20-,22-,23+,25-,28+,29+,30-,31-/m1/s1. The first-order valence-electron chi connectivity index (χ1n) is 14.4. The van der Waals surface area contributed by atoms with Crippen molar-refractivity contribution in [2.75, 3.05) is 19.0 Å². The fourth-order valence-corrected chi connectivity index (χ4v) is 9.35. The third-order valence-corrected chi connectivity index (χ3v) is 11.5. The SMILES string of the molecule is CNc1ccccc1C(=O)O[C@@]12[C@H](O)[C@@H](C)[C@@]3(O)[C@H]([C@@H]1C2(C)C)[C@@H]1O[C@@]12COC(C)(C)O[C@H]2[C@]1(O)C(=O)C(C)=C[C@H]13. The van der Waals surface area contributed by atoms with Crippen LogP contribution < -0.4 is 5.32 Å². The molecule has 0 amide bonds. The van der Waals surface area contributed by atoms with Crippen LogP contribution in [-0.4, -0.2) is 87.2 Å². The monoisotopic (exact) mass is 569 g/mol. The Bertz CT molecular complexity index is 1410. The molecule has 7 rings (SSSR count). The second-order valence-corrected chi connectivity index (χ2v) is 14.0. The number of fused-ring (bicyclic) bond motifs is 7. The van der Waals surface area contributed by atoms with Gasteiger partial charge in [0.2, 0.25) is 0 Å². The first-order valence-corrected chi connectivity index (χ1v) is 14.4. The number of carbonyl (C=O) groups is 2. The van der Waals surface area contributed by atoms with Crippen molar-refractivity contribution < 1.29 is 43.9 Å². The van der Waals surface area contributed by atoms with Crippen LogP contribution >= 0.6 is 0 Å². The highest BCUT2D eigenvalue weighted by molar-refractivity contribution is 6.05. The number of para-hydroxylation sites is 1. The summed E-state index contributed by atoms with van der Waals surface area (Å²) in [5.74, 6) is -5.49. The van der Waals surface area contributed by atoms with Gasteiger partial charge >= 0.3 is 5.97 Å². The van der Waals surface area contributed by atoms with E-state index >= 15 is 0 Å². The maximum Gasteiger partial charge on any atom is 0.340 e. The zero-order chi connectivity index (χ0) is 29.7. The molecule has 0 bridgehead atoms. The van der Waals surface area contributed by atoms with E-state index < -0.39 is 87.3 Å². The van der Waals surface area contributed by atoms with Crippen molar-refractivity contribution in [2.45, 2.75) is 88.0 Å². The number of epoxide rings is 1. The first kappa shape index (κ1) is 27.5. The van der Waals surface area contributed by atoms with Crippen molar-refractivity contribution in [3.8, 4) is 0 Å². The smallest absolute Gasteiger partial charge is 0.340 e. The van der Waals surface area contributed by atoms with Gasteiger partial charge in [-0.1, -0.05) is 39.0 Å². The molecule has 2 saturated heterocycles. The largest absolute Gasteiger partial charge is 0.452 e. The zero-order valence-corrected chi connectivity index (χ0v) is 24.4. The van der Waals surface area contributed by atoms with Crippen molar-refractivity contribution in [3.05, 3.63) is 41.5 Å². The molecule has 2 heterocycles. The number of nitrogens with one attached hydrogen (secondary N) is 1. The molecule has 222 valence electrons. The van der Waals surface area contributed by atoms with Crippen molar-refractivity contribution >= 4 is 17.4 Å². The molecule has 1 aromatic rings. The van der Waals surface area contributed by atoms with Gasteiger partial charge in [0.15, 0.2) is 17.2 Å². The molecule has 4 N–H and O–H groups in total. The topological polar surface area (TPSA) is 147 Å². The van der Waals surface area contributed by atoms with Crippen molar-refractivity contribution in [3.63, 3.8) is 0 Å². The highest BCUT2D eigenvalue weighted by atomic mass is 16.8. The average molecular weight is 570 g/mol. The van der Waals surface area contributed by atoms with Gasteiger partial charge in [-0.05, 0) is 38.5 Å². The molecule has 1 aromatic carbocycles. The fraction of sp³-hybridized carbons (Fsp3) is 0.677. The lowest BCUT2D eigenvalue weighted by atomic mass is 9.58. The third-order valence-electron chi connectivity index (χ3n) is 11.5. The van der Waals surface area contributed by atoms with E-state index in [0.29, 0.717) is 16.8 Å². The Morgan fingerprint density at radius 1 is 1.12 bits per heavy atom. The number of ether oxygens (including phenoxy) is 4. The number of benzene rings is 1. The number of hydrogen-bond acceptors (Lipinski definition) is 10. The molecule has 11 atom stereocenters. The average Bonchev–Trinajstić information content (AvgIpc) is 3.74. The van der Waals surface area contributed by atoms with Crippen LogP contribution in [-0.2, 0) is 23.7 Å². The molecule has 4 aliphatic carbocycles. The Kier molecular flexibility index (Phi) is 5.22. The predicted molar refractivity (Wildman–Crippen MR) is 145 cm³/mol. The van der Waals surface area contributed by atoms with Gasteiger partial charge in [0.1, 0.15) is 17.3 Å². The van der Waals surface area contributed by atoms with Crippen molar-refractivity contribution in [2.24, 2.45) is 29.1 Å². The highest BCUT2D eigenvalue weighted by Gasteiger charge is 2.93. The van der Waals surface area contributed by atoms with E-state index in [1.807, 2.05) is 19.9 Å². The van der Waals surface area contributed by atoms with Gasteiger partial charge in [0.05, 0.1) is 30.0 Å². The van der Waals surface area contributed by atoms with Crippen LogP contribution in [0.1, 0.15) is 51.9 Å². The Morgan fingerprint density at radius 2 is 1.80 bits per heavy atom. The molecule has 6 aliphatic rings. The van der Waals surface area contributed by atoms with Crippen LogP contribution in [0.4, 0.5) is 5.69 Å². The maximum absolute atomic E-state index is 13.7. The third kappa shape index (κ3) is 2.94. The van der Waals surface area contributed by atoms with Crippen LogP contribution in [0.25, 0.3) is 0 Å². The summed E-state index contributed by atoms with van der Waals surface area (Å²) in [4.78, 5) is 27.4. The lowest BCUT2D eigenvalue weighted by Gasteiger charge is -2.54. The van der Waals surface area contributed by atoms with Crippen LogP contribution in [0.2, 0.25) is 0 Å². The van der Waals surface area contributed by atoms with Crippen molar-refractivity contribution in [1.29, 1.82) is 0 Å². The maximum atomic E-state index is 13.7. The summed E-state index contributed by atoms with van der Waals surface area (Å²) >= 11 is 0. The molecule has 3 saturated carbocycles. The minimum atomic E-state index is -2.14. The van der Waals surface area contributed by atoms with Crippen LogP contribution in [0, 0.1) is 29.1 Å². The number of carbonyl (C=O) groups excluding carboxylic acids is 2. The molecule has 1 spiro atoms. The lowest BCUT2D eigenvalue weighted by molar-refractivity contribution is -0.329. The molecule has 5 fully saturated rings. The molecular formula is C31H39NO9. The van der Waals surface area contributed by atoms with Gasteiger partial charge in [-0.2, -0.15) is 0 Å². The summed E-state index contributed by atoms with van der Waals surface area (Å²) in [6.07, 6.45) is -1.46. The Balaban J connectivity index is 1.38. The highest BCUT2D eigenvalue weighted by Crippen LogP contribution is 2.80. The minimum absolute atomic E-state index is 0.0513.